The molecule has 3 nitrogen and oxygen atoms in total. The van der Waals surface area contributed by atoms with Crippen molar-refractivity contribution in [3.05, 3.63) is 29.3 Å². The van der Waals surface area contributed by atoms with Crippen molar-refractivity contribution < 1.29 is 0 Å². The lowest BCUT2D eigenvalue weighted by Crippen LogP contribution is -2.31. The Morgan fingerprint density at radius 2 is 2.38 bits per heavy atom. The van der Waals surface area contributed by atoms with Gasteiger partial charge in [-0.3, -0.25) is 0 Å². The van der Waals surface area contributed by atoms with Gasteiger partial charge in [0, 0.05) is 24.3 Å². The summed E-state index contributed by atoms with van der Waals surface area (Å²) in [6, 6.07) is 9.41. The zero-order valence-electron chi connectivity index (χ0n) is 8.90. The highest BCUT2D eigenvalue weighted by Crippen LogP contribution is 2.15. The number of thiocarbonyl (C=S) groups is 1. The van der Waals surface area contributed by atoms with Crippen molar-refractivity contribution in [1.82, 2.24) is 4.90 Å². The molecule has 0 aliphatic rings. The number of anilines is 1. The Labute approximate surface area is 106 Å². The van der Waals surface area contributed by atoms with Gasteiger partial charge in [0.25, 0.3) is 0 Å². The number of hydrogen-bond donors (Lipinski definition) is 1. The molecule has 5 heteroatoms. The molecule has 84 valence electrons. The van der Waals surface area contributed by atoms with Gasteiger partial charge in [0.2, 0.25) is 0 Å². The van der Waals surface area contributed by atoms with Crippen molar-refractivity contribution in [2.45, 2.75) is 6.42 Å². The summed E-state index contributed by atoms with van der Waals surface area (Å²) in [5, 5.41) is 12.8. The lowest BCUT2D eigenvalue weighted by Gasteiger charge is -2.19. The molecular formula is C11H12ClN3S. The highest BCUT2D eigenvalue weighted by molar-refractivity contribution is 7.80. The van der Waals surface area contributed by atoms with Crippen LogP contribution in [0, 0.1) is 11.3 Å². The van der Waals surface area contributed by atoms with E-state index < -0.39 is 0 Å². The van der Waals surface area contributed by atoms with Gasteiger partial charge in [0.15, 0.2) is 5.11 Å². The molecule has 16 heavy (non-hydrogen) atoms. The minimum atomic E-state index is 0.452. The standard InChI is InChI=1S/C11H12ClN3S/c1-15(7-3-6-13)11(16)14-10-5-2-4-9(12)8-10/h2,4-5,8H,3,7H2,1H3,(H,14,16). The van der Waals surface area contributed by atoms with Crippen LogP contribution < -0.4 is 5.32 Å². The summed E-state index contributed by atoms with van der Waals surface area (Å²) in [4.78, 5) is 1.82. The van der Waals surface area contributed by atoms with Crippen molar-refractivity contribution in [1.29, 1.82) is 5.26 Å². The molecule has 1 N–H and O–H groups in total. The van der Waals surface area contributed by atoms with E-state index in [1.807, 2.05) is 24.1 Å². The predicted molar refractivity (Wildman–Crippen MR) is 70.5 cm³/mol. The van der Waals surface area contributed by atoms with Gasteiger partial charge in [0.05, 0.1) is 12.5 Å². The van der Waals surface area contributed by atoms with Crippen molar-refractivity contribution in [3.63, 3.8) is 0 Å². The maximum Gasteiger partial charge on any atom is 0.173 e. The molecule has 0 unspecified atom stereocenters. The van der Waals surface area contributed by atoms with Gasteiger partial charge in [-0.2, -0.15) is 5.26 Å². The van der Waals surface area contributed by atoms with Crippen LogP contribution in [0.15, 0.2) is 24.3 Å². The summed E-state index contributed by atoms with van der Waals surface area (Å²) in [7, 11) is 1.84. The van der Waals surface area contributed by atoms with Crippen molar-refractivity contribution in [3.8, 4) is 6.07 Å². The Kier molecular flexibility index (Phi) is 5.03. The van der Waals surface area contributed by atoms with Crippen molar-refractivity contribution in [2.24, 2.45) is 0 Å². The molecule has 0 radical (unpaired) electrons. The number of nitrogens with one attached hydrogen (secondary N) is 1. The molecular weight excluding hydrogens is 242 g/mol. The zero-order chi connectivity index (χ0) is 12.0. The Bertz CT molecular complexity index is 414. The van der Waals surface area contributed by atoms with Gasteiger partial charge in [-0.15, -0.1) is 0 Å². The molecule has 1 aromatic carbocycles. The van der Waals surface area contributed by atoms with Crippen LogP contribution in [-0.4, -0.2) is 23.6 Å². The Morgan fingerprint density at radius 1 is 1.62 bits per heavy atom. The van der Waals surface area contributed by atoms with Crippen LogP contribution in [0.3, 0.4) is 0 Å². The summed E-state index contributed by atoms with van der Waals surface area (Å²) >= 11 is 11.0. The molecule has 0 atom stereocenters. The smallest absolute Gasteiger partial charge is 0.173 e. The maximum atomic E-state index is 8.47. The van der Waals surface area contributed by atoms with E-state index in [9.17, 15) is 0 Å². The lowest BCUT2D eigenvalue weighted by molar-refractivity contribution is 0.523. The highest BCUT2D eigenvalue weighted by atomic mass is 35.5. The molecule has 0 spiro atoms. The van der Waals surface area contributed by atoms with Crippen LogP contribution >= 0.6 is 23.8 Å². The van der Waals surface area contributed by atoms with Crippen LogP contribution in [0.25, 0.3) is 0 Å². The average Bonchev–Trinajstić information content (AvgIpc) is 2.25. The van der Waals surface area contributed by atoms with Crippen molar-refractivity contribution >= 4 is 34.6 Å². The summed E-state index contributed by atoms with van der Waals surface area (Å²) in [5.74, 6) is 0. The molecule has 0 aromatic heterocycles. The zero-order valence-corrected chi connectivity index (χ0v) is 10.5. The molecule has 0 aliphatic carbocycles. The second-order valence-corrected chi connectivity index (χ2v) is 4.09. The van der Waals surface area contributed by atoms with Gasteiger partial charge < -0.3 is 10.2 Å². The first-order valence-corrected chi connectivity index (χ1v) is 5.56. The summed E-state index contributed by atoms with van der Waals surface area (Å²) in [6.07, 6.45) is 0.452. The maximum absolute atomic E-state index is 8.47. The normalized spacial score (nSPS) is 9.31. The third kappa shape index (κ3) is 4.05. The fraction of sp³-hybridized carbons (Fsp3) is 0.273. The minimum Gasteiger partial charge on any atom is -0.351 e. The first kappa shape index (κ1) is 12.8. The number of rotatable bonds is 3. The molecule has 0 bridgehead atoms. The van der Waals surface area contributed by atoms with Crippen molar-refractivity contribution in [2.75, 3.05) is 18.9 Å². The fourth-order valence-electron chi connectivity index (χ4n) is 1.10. The van der Waals surface area contributed by atoms with E-state index in [0.29, 0.717) is 23.1 Å². The van der Waals surface area contributed by atoms with E-state index in [1.54, 1.807) is 12.1 Å². The van der Waals surface area contributed by atoms with E-state index in [4.69, 9.17) is 29.1 Å². The molecule has 0 amide bonds. The van der Waals surface area contributed by atoms with Crippen LogP contribution in [0.1, 0.15) is 6.42 Å². The monoisotopic (exact) mass is 253 g/mol. The van der Waals surface area contributed by atoms with Crippen LogP contribution in [-0.2, 0) is 0 Å². The Morgan fingerprint density at radius 3 is 3.00 bits per heavy atom. The minimum absolute atomic E-state index is 0.452. The van der Waals surface area contributed by atoms with Gasteiger partial charge in [0.1, 0.15) is 0 Å². The molecule has 1 aromatic rings. The van der Waals surface area contributed by atoms with Gasteiger partial charge in [-0.1, -0.05) is 17.7 Å². The first-order valence-electron chi connectivity index (χ1n) is 4.78. The highest BCUT2D eigenvalue weighted by Gasteiger charge is 2.03. The number of hydrogen-bond acceptors (Lipinski definition) is 2. The molecule has 1 rings (SSSR count). The Hall–Kier alpha value is -1.31. The van der Waals surface area contributed by atoms with Gasteiger partial charge in [-0.25, -0.2) is 0 Å². The third-order valence-corrected chi connectivity index (χ3v) is 2.63. The summed E-state index contributed by atoms with van der Waals surface area (Å²) in [6.45, 7) is 0.614. The van der Waals surface area contributed by atoms with Gasteiger partial charge >= 0.3 is 0 Å². The first-order chi connectivity index (χ1) is 7.63. The molecule has 0 fully saturated rings. The quantitative estimate of drug-likeness (QED) is 0.841. The van der Waals surface area contributed by atoms with E-state index in [1.165, 1.54) is 0 Å². The number of halogens is 1. The number of nitriles is 1. The fourth-order valence-corrected chi connectivity index (χ4v) is 1.50. The van der Waals surface area contributed by atoms with E-state index in [0.717, 1.165) is 5.69 Å². The second-order valence-electron chi connectivity index (χ2n) is 3.27. The topological polar surface area (TPSA) is 39.1 Å². The van der Waals surface area contributed by atoms with E-state index in [-0.39, 0.29) is 0 Å². The predicted octanol–water partition coefficient (Wildman–Crippen LogP) is 2.88. The molecule has 0 aliphatic heterocycles. The van der Waals surface area contributed by atoms with Crippen LogP contribution in [0.5, 0.6) is 0 Å². The lowest BCUT2D eigenvalue weighted by atomic mass is 10.3. The third-order valence-electron chi connectivity index (χ3n) is 1.98. The number of benzene rings is 1. The Balaban J connectivity index is 2.54. The molecule has 0 saturated carbocycles. The van der Waals surface area contributed by atoms with E-state index in [2.05, 4.69) is 11.4 Å². The van der Waals surface area contributed by atoms with Crippen LogP contribution in [0.4, 0.5) is 5.69 Å². The average molecular weight is 254 g/mol. The van der Waals surface area contributed by atoms with E-state index >= 15 is 0 Å². The molecule has 0 heterocycles. The largest absolute Gasteiger partial charge is 0.351 e. The second kappa shape index (κ2) is 6.31. The summed E-state index contributed by atoms with van der Waals surface area (Å²) in [5.41, 5.74) is 0.848. The van der Waals surface area contributed by atoms with Crippen LogP contribution in [0.2, 0.25) is 5.02 Å². The summed E-state index contributed by atoms with van der Waals surface area (Å²) < 4.78 is 0. The SMILES string of the molecule is CN(CCC#N)C(=S)Nc1cccc(Cl)c1. The number of nitrogens with zero attached hydrogens (tertiary/aromatic N) is 2. The van der Waals surface area contributed by atoms with Gasteiger partial charge in [-0.05, 0) is 30.4 Å². The molecule has 0 saturated heterocycles.